The summed E-state index contributed by atoms with van der Waals surface area (Å²) in [5, 5.41) is 13.7. The number of benzene rings is 1. The highest BCUT2D eigenvalue weighted by atomic mass is 127. The number of amides is 2. The highest BCUT2D eigenvalue weighted by Gasteiger charge is 2.24. The van der Waals surface area contributed by atoms with E-state index < -0.39 is 49.8 Å². The van der Waals surface area contributed by atoms with Crippen molar-refractivity contribution in [2.75, 3.05) is 31.7 Å². The molecule has 0 fully saturated rings. The lowest BCUT2D eigenvalue weighted by atomic mass is 10.1. The average Bonchev–Trinajstić information content (AvgIpc) is 2.73. The molecule has 1 aromatic carbocycles. The van der Waals surface area contributed by atoms with Crippen molar-refractivity contribution in [2.45, 2.75) is 13.5 Å². The van der Waals surface area contributed by atoms with Crippen molar-refractivity contribution >= 4 is 42.2 Å². The summed E-state index contributed by atoms with van der Waals surface area (Å²) in [5.74, 6) is -4.51. The fourth-order valence-electron chi connectivity index (χ4n) is 2.35. The van der Waals surface area contributed by atoms with Crippen LogP contribution in [-0.4, -0.2) is 47.3 Å². The number of aliphatic hydroxyl groups excluding tert-OH is 1. The summed E-state index contributed by atoms with van der Waals surface area (Å²) in [6.45, 7) is 0.542. The minimum atomic E-state index is -1.40. The van der Waals surface area contributed by atoms with Crippen LogP contribution < -0.4 is 16.1 Å². The van der Waals surface area contributed by atoms with Gasteiger partial charge in [-0.15, -0.1) is 0 Å². The van der Waals surface area contributed by atoms with E-state index in [9.17, 15) is 22.8 Å². The van der Waals surface area contributed by atoms with Crippen molar-refractivity contribution in [3.8, 4) is 0 Å². The molecule has 0 saturated carbocycles. The average molecular weight is 555 g/mol. The van der Waals surface area contributed by atoms with Crippen LogP contribution in [0.5, 0.6) is 0 Å². The Hall–Kier alpha value is -2.29. The van der Waals surface area contributed by atoms with Gasteiger partial charge in [-0.05, 0) is 16.2 Å². The second-order valence-corrected chi connectivity index (χ2v) is 8.10. The normalized spacial score (nSPS) is 13.1. The van der Waals surface area contributed by atoms with E-state index >= 15 is 0 Å². The molecule has 1 aromatic rings. The highest BCUT2D eigenvalue weighted by molar-refractivity contribution is 14.2. The lowest BCUT2D eigenvalue weighted by molar-refractivity contribution is -0.119. The summed E-state index contributed by atoms with van der Waals surface area (Å²) in [7, 11) is 0. The summed E-state index contributed by atoms with van der Waals surface area (Å²) in [5.41, 5.74) is 0.697. The Bertz CT molecular complexity index is 922. The molecule has 0 aliphatic carbocycles. The molecule has 0 radical (unpaired) electrons. The van der Waals surface area contributed by atoms with E-state index in [4.69, 9.17) is 14.7 Å². The number of hydroxylamine groups is 1. The standard InChI is InChI=1S/C19H21F3IN3O5/c1-11(28)24-4-6-30-10-12-8-13(19(29)26-31-7-5-27)18(17(22)16(12)21)25-15-2-3-23-9-14(15)20/h2-3,8-9,25,27H,4-7,10H2,1H3,(H,24,28)(H,26,29). The number of hydrogen-bond acceptors (Lipinski definition) is 6. The molecule has 2 amide bonds. The summed E-state index contributed by atoms with van der Waals surface area (Å²) in [6.07, 6.45) is 1.39. The van der Waals surface area contributed by atoms with Gasteiger partial charge in [-0.3, -0.25) is 14.4 Å². The molecule has 8 nitrogen and oxygen atoms in total. The molecule has 31 heavy (non-hydrogen) atoms. The van der Waals surface area contributed by atoms with Crippen molar-refractivity contribution in [3.05, 3.63) is 50.5 Å². The molecule has 1 aliphatic rings. The number of aliphatic hydroxyl groups is 1. The molecule has 0 bridgehead atoms. The second-order valence-electron chi connectivity index (χ2n) is 6.04. The van der Waals surface area contributed by atoms with Crippen LogP contribution in [0.1, 0.15) is 22.8 Å². The monoisotopic (exact) mass is 555 g/mol. The molecule has 0 unspecified atom stereocenters. The summed E-state index contributed by atoms with van der Waals surface area (Å²) in [6, 6.07) is 1.05. The lowest BCUT2D eigenvalue weighted by Gasteiger charge is -2.17. The number of rotatable bonds is 11. The van der Waals surface area contributed by atoms with Gasteiger partial charge in [0.25, 0.3) is 5.91 Å². The number of hydrogen-bond donors (Lipinski definition) is 4. The predicted molar refractivity (Wildman–Crippen MR) is 116 cm³/mol. The van der Waals surface area contributed by atoms with Crippen molar-refractivity contribution in [1.29, 1.82) is 0 Å². The van der Waals surface area contributed by atoms with Crippen molar-refractivity contribution in [2.24, 2.45) is 0 Å². The zero-order valence-corrected chi connectivity index (χ0v) is 18.6. The van der Waals surface area contributed by atoms with Crippen molar-refractivity contribution < 1.29 is 37.4 Å². The van der Waals surface area contributed by atoms with Crippen molar-refractivity contribution in [3.63, 3.8) is 0 Å². The molecular weight excluding hydrogens is 534 g/mol. The van der Waals surface area contributed by atoms with Crippen LogP contribution in [-0.2, 0) is 21.0 Å². The number of carbonyl (C=O) groups excluding carboxylic acids is 2. The summed E-state index contributed by atoms with van der Waals surface area (Å²) >= 11 is -0.607. The molecular formula is C19H21F3IN3O5. The Kier molecular flexibility index (Phi) is 10.1. The van der Waals surface area contributed by atoms with Gasteiger partial charge >= 0.3 is 0 Å². The molecule has 2 rings (SSSR count). The van der Waals surface area contributed by atoms with Gasteiger partial charge in [0.2, 0.25) is 5.91 Å². The molecule has 1 heterocycles. The molecule has 0 aromatic heterocycles. The number of nitrogens with one attached hydrogen (secondary N) is 3. The zero-order chi connectivity index (χ0) is 22.8. The van der Waals surface area contributed by atoms with Crippen LogP contribution >= 0.6 is 20.7 Å². The first kappa shape index (κ1) is 25.0. The van der Waals surface area contributed by atoms with Crippen LogP contribution in [0.2, 0.25) is 0 Å². The number of allylic oxidation sites excluding steroid dienone is 2. The fourth-order valence-corrected chi connectivity index (χ4v) is 3.78. The highest BCUT2D eigenvalue weighted by Crippen LogP contribution is 2.29. The SMILES string of the molecule is CC(=O)NCCOCc1cc(C(=O)NOCCO)c(NC2=C(F)C=IC=C2)c(F)c1F. The Labute approximate surface area is 186 Å². The van der Waals surface area contributed by atoms with E-state index in [0.717, 1.165) is 6.07 Å². The number of ether oxygens (including phenoxy) is 1. The molecule has 1 aliphatic heterocycles. The van der Waals surface area contributed by atoms with Gasteiger partial charge in [0.15, 0.2) is 17.5 Å². The van der Waals surface area contributed by atoms with E-state index in [1.54, 1.807) is 4.08 Å². The third-order valence-electron chi connectivity index (χ3n) is 3.74. The van der Waals surface area contributed by atoms with Crippen LogP contribution in [0.15, 0.2) is 27.7 Å². The maximum Gasteiger partial charge on any atom is 0.277 e. The summed E-state index contributed by atoms with van der Waals surface area (Å²) < 4.78 is 51.8. The number of anilines is 1. The number of carbonyl (C=O) groups is 2. The van der Waals surface area contributed by atoms with Gasteiger partial charge in [-0.2, -0.15) is 0 Å². The topological polar surface area (TPSA) is 109 Å². The van der Waals surface area contributed by atoms with Crippen LogP contribution in [0.4, 0.5) is 18.9 Å². The molecule has 170 valence electrons. The largest absolute Gasteiger partial charge is 0.394 e. The second kappa shape index (κ2) is 12.5. The number of halogens is 4. The smallest absolute Gasteiger partial charge is 0.277 e. The van der Waals surface area contributed by atoms with E-state index in [0.29, 0.717) is 0 Å². The molecule has 0 atom stereocenters. The van der Waals surface area contributed by atoms with E-state index in [-0.39, 0.29) is 55.7 Å². The first-order chi connectivity index (χ1) is 14.8. The van der Waals surface area contributed by atoms with Crippen LogP contribution in [0, 0.1) is 11.6 Å². The maximum atomic E-state index is 14.9. The zero-order valence-electron chi connectivity index (χ0n) is 16.4. The third-order valence-corrected chi connectivity index (χ3v) is 5.42. The minimum Gasteiger partial charge on any atom is -0.394 e. The van der Waals surface area contributed by atoms with Gasteiger partial charge in [0.05, 0.1) is 43.4 Å². The quantitative estimate of drug-likeness (QED) is 0.190. The lowest BCUT2D eigenvalue weighted by Crippen LogP contribution is -2.27. The summed E-state index contributed by atoms with van der Waals surface area (Å²) in [4.78, 5) is 28.0. The van der Waals surface area contributed by atoms with Crippen molar-refractivity contribution in [1.82, 2.24) is 10.8 Å². The Balaban J connectivity index is 2.30. The van der Waals surface area contributed by atoms with Gasteiger partial charge in [0, 0.05) is 23.0 Å². The fraction of sp³-hybridized carbons (Fsp3) is 0.316. The molecule has 12 heteroatoms. The molecule has 0 saturated heterocycles. The van der Waals surface area contributed by atoms with Crippen LogP contribution in [0.25, 0.3) is 0 Å². The minimum absolute atomic E-state index is 0.0313. The Morgan fingerprint density at radius 3 is 2.65 bits per heavy atom. The van der Waals surface area contributed by atoms with E-state index in [2.05, 4.69) is 10.6 Å². The predicted octanol–water partition coefficient (Wildman–Crippen LogP) is 2.16. The third kappa shape index (κ3) is 7.41. The maximum absolute atomic E-state index is 14.9. The first-order valence-electron chi connectivity index (χ1n) is 8.99. The van der Waals surface area contributed by atoms with E-state index in [1.165, 1.54) is 17.0 Å². The first-order valence-corrected chi connectivity index (χ1v) is 11.5. The Morgan fingerprint density at radius 2 is 1.97 bits per heavy atom. The van der Waals surface area contributed by atoms with Crippen LogP contribution in [0.3, 0.4) is 0 Å². The molecule has 4 N–H and O–H groups in total. The Morgan fingerprint density at radius 1 is 1.19 bits per heavy atom. The van der Waals surface area contributed by atoms with E-state index in [1.807, 2.05) is 5.48 Å². The van der Waals surface area contributed by atoms with Gasteiger partial charge in [0.1, 0.15) is 0 Å². The van der Waals surface area contributed by atoms with Gasteiger partial charge < -0.3 is 20.5 Å². The van der Waals surface area contributed by atoms with Gasteiger partial charge in [-0.1, -0.05) is 20.7 Å². The van der Waals surface area contributed by atoms with Gasteiger partial charge in [-0.25, -0.2) is 18.7 Å². The molecule has 0 spiro atoms.